The van der Waals surface area contributed by atoms with E-state index >= 15 is 0 Å². The first-order valence-electron chi connectivity index (χ1n) is 3.18. The van der Waals surface area contributed by atoms with Crippen LogP contribution in [-0.4, -0.2) is 22.3 Å². The smallest absolute Gasteiger partial charge is 0.114 e. The van der Waals surface area contributed by atoms with Crippen LogP contribution in [0.5, 0.6) is 0 Å². The highest BCUT2D eigenvalue weighted by Crippen LogP contribution is 2.12. The molecule has 1 rings (SSSR count). The van der Waals surface area contributed by atoms with Crippen LogP contribution >= 0.6 is 11.8 Å². The van der Waals surface area contributed by atoms with Crippen molar-refractivity contribution in [3.8, 4) is 0 Å². The van der Waals surface area contributed by atoms with Crippen molar-refractivity contribution in [2.45, 2.75) is 11.9 Å². The molecule has 10 heavy (non-hydrogen) atoms. The number of imidazole rings is 1. The van der Waals surface area contributed by atoms with Crippen LogP contribution in [0.3, 0.4) is 0 Å². The summed E-state index contributed by atoms with van der Waals surface area (Å²) in [6.07, 6.45) is 1.90. The van der Waals surface area contributed by atoms with Gasteiger partial charge in [0.25, 0.3) is 0 Å². The lowest BCUT2D eigenvalue weighted by atomic mass is 10.8. The Morgan fingerprint density at radius 3 is 3.10 bits per heavy atom. The molecule has 1 heterocycles. The fourth-order valence-electron chi connectivity index (χ4n) is 0.633. The maximum Gasteiger partial charge on any atom is 0.114 e. The number of nitrogens with two attached hydrogens (primary N) is 1. The van der Waals surface area contributed by atoms with Gasteiger partial charge in [0.05, 0.1) is 0 Å². The summed E-state index contributed by atoms with van der Waals surface area (Å²) in [5, 5.41) is 1.03. The second-order valence-corrected chi connectivity index (χ2v) is 3.08. The molecule has 4 heteroatoms. The molecule has 1 aromatic rings. The van der Waals surface area contributed by atoms with Gasteiger partial charge in [-0.3, -0.25) is 0 Å². The summed E-state index contributed by atoms with van der Waals surface area (Å²) in [5.74, 6) is 1.89. The zero-order valence-corrected chi connectivity index (χ0v) is 6.74. The van der Waals surface area contributed by atoms with Crippen LogP contribution in [0.2, 0.25) is 0 Å². The van der Waals surface area contributed by atoms with Crippen molar-refractivity contribution in [1.29, 1.82) is 0 Å². The molecule has 0 fully saturated rings. The van der Waals surface area contributed by atoms with E-state index in [4.69, 9.17) is 5.73 Å². The maximum atomic E-state index is 5.32. The van der Waals surface area contributed by atoms with Crippen LogP contribution < -0.4 is 5.73 Å². The molecule has 56 valence electrons. The normalized spacial score (nSPS) is 10.2. The van der Waals surface area contributed by atoms with Crippen molar-refractivity contribution in [3.63, 3.8) is 0 Å². The van der Waals surface area contributed by atoms with Gasteiger partial charge in [0.2, 0.25) is 0 Å². The number of hydrogen-bond acceptors (Lipinski definition) is 3. The monoisotopic (exact) mass is 157 g/mol. The zero-order valence-electron chi connectivity index (χ0n) is 5.92. The van der Waals surface area contributed by atoms with Crippen molar-refractivity contribution in [2.24, 2.45) is 5.73 Å². The van der Waals surface area contributed by atoms with E-state index in [1.165, 1.54) is 0 Å². The number of hydrogen-bond donors (Lipinski definition) is 2. The van der Waals surface area contributed by atoms with Crippen molar-refractivity contribution < 1.29 is 0 Å². The Bertz CT molecular complexity index is 197. The number of nitrogens with zero attached hydrogens (tertiary/aromatic N) is 1. The Hall–Kier alpha value is -0.480. The summed E-state index contributed by atoms with van der Waals surface area (Å²) >= 11 is 1.67. The molecule has 0 spiro atoms. The van der Waals surface area contributed by atoms with Gasteiger partial charge in [0.15, 0.2) is 0 Å². The number of aryl methyl sites for hydroxylation is 1. The minimum absolute atomic E-state index is 0.705. The van der Waals surface area contributed by atoms with Gasteiger partial charge in [-0.1, -0.05) is 0 Å². The van der Waals surface area contributed by atoms with Gasteiger partial charge in [-0.15, -0.1) is 11.8 Å². The molecule has 0 bridgehead atoms. The fraction of sp³-hybridized carbons (Fsp3) is 0.500. The molecule has 0 saturated carbocycles. The number of aromatic amines is 1. The van der Waals surface area contributed by atoms with E-state index in [-0.39, 0.29) is 0 Å². The molecule has 0 saturated heterocycles. The summed E-state index contributed by atoms with van der Waals surface area (Å²) in [5.41, 5.74) is 5.32. The Balaban J connectivity index is 2.42. The average molecular weight is 157 g/mol. The number of H-pyrrole nitrogens is 1. The van der Waals surface area contributed by atoms with Crippen LogP contribution in [0.25, 0.3) is 0 Å². The predicted molar refractivity (Wildman–Crippen MR) is 43.1 cm³/mol. The van der Waals surface area contributed by atoms with E-state index in [0.717, 1.165) is 16.6 Å². The van der Waals surface area contributed by atoms with Gasteiger partial charge in [-0.05, 0) is 6.92 Å². The molecular formula is C6H11N3S. The lowest BCUT2D eigenvalue weighted by Gasteiger charge is -1.90. The Morgan fingerprint density at radius 2 is 2.60 bits per heavy atom. The summed E-state index contributed by atoms with van der Waals surface area (Å²) in [7, 11) is 0. The first-order chi connectivity index (χ1) is 4.83. The topological polar surface area (TPSA) is 54.7 Å². The molecule has 0 radical (unpaired) electrons. The standard InChI is InChI=1S/C6H11N3S/c1-5-8-4-6(9-5)10-3-2-7/h4H,2-3,7H2,1H3,(H,8,9). The van der Waals surface area contributed by atoms with E-state index < -0.39 is 0 Å². The maximum absolute atomic E-state index is 5.32. The number of rotatable bonds is 3. The quantitative estimate of drug-likeness (QED) is 0.637. The van der Waals surface area contributed by atoms with Gasteiger partial charge in [0, 0.05) is 18.5 Å². The number of aromatic nitrogens is 2. The number of nitrogens with one attached hydrogen (secondary N) is 1. The van der Waals surface area contributed by atoms with Crippen molar-refractivity contribution >= 4 is 11.8 Å². The highest BCUT2D eigenvalue weighted by atomic mass is 32.2. The second kappa shape index (κ2) is 3.63. The van der Waals surface area contributed by atoms with E-state index in [1.54, 1.807) is 11.8 Å². The highest BCUT2D eigenvalue weighted by Gasteiger charge is 1.95. The molecule has 3 nitrogen and oxygen atoms in total. The van der Waals surface area contributed by atoms with Gasteiger partial charge in [-0.2, -0.15) is 0 Å². The molecule has 0 aliphatic heterocycles. The molecule has 0 aliphatic rings. The first-order valence-corrected chi connectivity index (χ1v) is 4.16. The molecular weight excluding hydrogens is 146 g/mol. The van der Waals surface area contributed by atoms with E-state index in [1.807, 2.05) is 13.1 Å². The van der Waals surface area contributed by atoms with Crippen LogP contribution in [0.15, 0.2) is 11.2 Å². The third-order valence-corrected chi connectivity index (χ3v) is 1.99. The summed E-state index contributed by atoms with van der Waals surface area (Å²) in [4.78, 5) is 7.20. The third-order valence-electron chi connectivity index (χ3n) is 1.05. The highest BCUT2D eigenvalue weighted by molar-refractivity contribution is 7.99. The van der Waals surface area contributed by atoms with Gasteiger partial charge >= 0.3 is 0 Å². The Kier molecular flexibility index (Phi) is 2.77. The van der Waals surface area contributed by atoms with Gasteiger partial charge in [0.1, 0.15) is 10.9 Å². The Morgan fingerprint density at radius 1 is 1.80 bits per heavy atom. The zero-order chi connectivity index (χ0) is 7.40. The summed E-state index contributed by atoms with van der Waals surface area (Å²) < 4.78 is 0. The van der Waals surface area contributed by atoms with Crippen molar-refractivity contribution in [2.75, 3.05) is 12.3 Å². The summed E-state index contributed by atoms with van der Waals surface area (Å²) in [6.45, 7) is 2.64. The van der Waals surface area contributed by atoms with Gasteiger partial charge < -0.3 is 10.7 Å². The second-order valence-electron chi connectivity index (χ2n) is 1.96. The minimum Gasteiger partial charge on any atom is -0.348 e. The SMILES string of the molecule is Cc1nc(SCCN)c[nH]1. The van der Waals surface area contributed by atoms with Gasteiger partial charge in [-0.25, -0.2) is 4.98 Å². The van der Waals surface area contributed by atoms with E-state index in [9.17, 15) is 0 Å². The molecule has 0 atom stereocenters. The molecule has 0 aromatic carbocycles. The molecule has 0 unspecified atom stereocenters. The van der Waals surface area contributed by atoms with Crippen LogP contribution in [0, 0.1) is 6.92 Å². The van der Waals surface area contributed by atoms with Crippen LogP contribution in [-0.2, 0) is 0 Å². The molecule has 0 aliphatic carbocycles. The average Bonchev–Trinajstić information content (AvgIpc) is 2.31. The largest absolute Gasteiger partial charge is 0.348 e. The fourth-order valence-corrected chi connectivity index (χ4v) is 1.30. The van der Waals surface area contributed by atoms with Crippen LogP contribution in [0.1, 0.15) is 5.82 Å². The third kappa shape index (κ3) is 2.04. The van der Waals surface area contributed by atoms with E-state index in [0.29, 0.717) is 6.54 Å². The van der Waals surface area contributed by atoms with Crippen LogP contribution in [0.4, 0.5) is 0 Å². The predicted octanol–water partition coefficient (Wildman–Crippen LogP) is 0.769. The minimum atomic E-state index is 0.705. The first kappa shape index (κ1) is 7.63. The Labute approximate surface area is 64.4 Å². The molecule has 3 N–H and O–H groups in total. The number of thioether (sulfide) groups is 1. The van der Waals surface area contributed by atoms with Crippen molar-refractivity contribution in [1.82, 2.24) is 9.97 Å². The van der Waals surface area contributed by atoms with E-state index in [2.05, 4.69) is 9.97 Å². The lowest BCUT2D eigenvalue weighted by Crippen LogP contribution is -2.00. The molecule has 0 amide bonds. The lowest BCUT2D eigenvalue weighted by molar-refractivity contribution is 1.09. The summed E-state index contributed by atoms with van der Waals surface area (Å²) in [6, 6.07) is 0. The van der Waals surface area contributed by atoms with Crippen molar-refractivity contribution in [3.05, 3.63) is 12.0 Å². The molecule has 1 aromatic heterocycles.